The number of likely N-dealkylation sites (N-methyl/N-ethyl adjacent to an activating group) is 1. The van der Waals surface area contributed by atoms with Crippen LogP contribution in [0.3, 0.4) is 0 Å². The van der Waals surface area contributed by atoms with Crippen molar-refractivity contribution < 1.29 is 4.79 Å². The van der Waals surface area contributed by atoms with Crippen LogP contribution in [0.4, 0.5) is 0 Å². The molecule has 0 aliphatic carbocycles. The molecule has 0 fully saturated rings. The van der Waals surface area contributed by atoms with Gasteiger partial charge in [-0.2, -0.15) is 0 Å². The van der Waals surface area contributed by atoms with Gasteiger partial charge in [-0.1, -0.05) is 12.1 Å². The van der Waals surface area contributed by atoms with E-state index in [9.17, 15) is 4.79 Å². The molecule has 80 valence electrons. The van der Waals surface area contributed by atoms with Gasteiger partial charge >= 0.3 is 0 Å². The van der Waals surface area contributed by atoms with Crippen molar-refractivity contribution in [1.82, 2.24) is 9.88 Å². The van der Waals surface area contributed by atoms with E-state index in [1.165, 1.54) is 0 Å². The highest BCUT2D eigenvalue weighted by atomic mass is 16.2. The van der Waals surface area contributed by atoms with E-state index in [4.69, 9.17) is 0 Å². The van der Waals surface area contributed by atoms with Crippen LogP contribution in [0.15, 0.2) is 36.5 Å². The molecule has 0 bridgehead atoms. The second-order valence-electron chi connectivity index (χ2n) is 3.33. The standard InChI is InChI=1S/C12H16N2O/c1-3-6-12(15)14(2)10-8-11-7-4-5-9-13-11/h3-7,9H,8,10H2,1-2H3. The van der Waals surface area contributed by atoms with Gasteiger partial charge in [-0.25, -0.2) is 0 Å². The van der Waals surface area contributed by atoms with Crippen molar-refractivity contribution in [3.8, 4) is 0 Å². The lowest BCUT2D eigenvalue weighted by Gasteiger charge is -2.14. The molecule has 1 aromatic rings. The quantitative estimate of drug-likeness (QED) is 0.699. The first-order valence-corrected chi connectivity index (χ1v) is 5.01. The molecule has 15 heavy (non-hydrogen) atoms. The van der Waals surface area contributed by atoms with Crippen molar-refractivity contribution in [2.75, 3.05) is 13.6 Å². The maximum atomic E-state index is 11.4. The predicted molar refractivity (Wildman–Crippen MR) is 60.4 cm³/mol. The monoisotopic (exact) mass is 204 g/mol. The zero-order valence-corrected chi connectivity index (χ0v) is 9.18. The van der Waals surface area contributed by atoms with E-state index in [1.807, 2.05) is 25.1 Å². The van der Waals surface area contributed by atoms with Gasteiger partial charge in [0.15, 0.2) is 0 Å². The molecule has 0 saturated heterocycles. The Morgan fingerprint density at radius 1 is 1.53 bits per heavy atom. The third-order valence-corrected chi connectivity index (χ3v) is 2.11. The number of hydrogen-bond acceptors (Lipinski definition) is 2. The molecule has 0 saturated carbocycles. The summed E-state index contributed by atoms with van der Waals surface area (Å²) in [5.41, 5.74) is 1.01. The highest BCUT2D eigenvalue weighted by Gasteiger charge is 2.04. The summed E-state index contributed by atoms with van der Waals surface area (Å²) in [6, 6.07) is 5.81. The Morgan fingerprint density at radius 3 is 2.93 bits per heavy atom. The minimum atomic E-state index is 0.0356. The molecular weight excluding hydrogens is 188 g/mol. The van der Waals surface area contributed by atoms with Gasteiger partial charge in [-0.3, -0.25) is 9.78 Å². The van der Waals surface area contributed by atoms with Crippen LogP contribution in [0.1, 0.15) is 12.6 Å². The Bertz CT molecular complexity index is 333. The topological polar surface area (TPSA) is 33.2 Å². The first kappa shape index (κ1) is 11.4. The second kappa shape index (κ2) is 5.96. The van der Waals surface area contributed by atoms with Crippen LogP contribution < -0.4 is 0 Å². The number of amides is 1. The molecule has 1 rings (SSSR count). The number of nitrogens with zero attached hydrogens (tertiary/aromatic N) is 2. The summed E-state index contributed by atoms with van der Waals surface area (Å²) in [4.78, 5) is 17.3. The molecule has 0 atom stereocenters. The number of carbonyl (C=O) groups excluding carboxylic acids is 1. The zero-order chi connectivity index (χ0) is 11.1. The molecule has 1 heterocycles. The highest BCUT2D eigenvalue weighted by molar-refractivity contribution is 5.87. The lowest BCUT2D eigenvalue weighted by Crippen LogP contribution is -2.27. The highest BCUT2D eigenvalue weighted by Crippen LogP contribution is 1.97. The number of carbonyl (C=O) groups is 1. The number of pyridine rings is 1. The molecule has 0 aromatic carbocycles. The second-order valence-corrected chi connectivity index (χ2v) is 3.33. The molecule has 0 spiro atoms. The molecular formula is C12H16N2O. The van der Waals surface area contributed by atoms with Crippen molar-refractivity contribution in [3.05, 3.63) is 42.2 Å². The van der Waals surface area contributed by atoms with Crippen molar-refractivity contribution >= 4 is 5.91 Å². The van der Waals surface area contributed by atoms with E-state index in [0.717, 1.165) is 12.1 Å². The fourth-order valence-electron chi connectivity index (χ4n) is 1.21. The number of hydrogen-bond donors (Lipinski definition) is 0. The molecule has 0 aliphatic heterocycles. The van der Waals surface area contributed by atoms with E-state index in [1.54, 1.807) is 30.3 Å². The van der Waals surface area contributed by atoms with Gasteiger partial charge in [0.05, 0.1) is 0 Å². The van der Waals surface area contributed by atoms with Gasteiger partial charge < -0.3 is 4.90 Å². The molecule has 3 nitrogen and oxygen atoms in total. The Morgan fingerprint density at radius 2 is 2.33 bits per heavy atom. The number of aromatic nitrogens is 1. The normalized spacial score (nSPS) is 10.5. The van der Waals surface area contributed by atoms with Crippen molar-refractivity contribution in [3.63, 3.8) is 0 Å². The van der Waals surface area contributed by atoms with Crippen LogP contribution in [0.2, 0.25) is 0 Å². The van der Waals surface area contributed by atoms with E-state index in [-0.39, 0.29) is 5.91 Å². The summed E-state index contributed by atoms with van der Waals surface area (Å²) in [5, 5.41) is 0. The van der Waals surface area contributed by atoms with Crippen LogP contribution in [0.5, 0.6) is 0 Å². The zero-order valence-electron chi connectivity index (χ0n) is 9.18. The van der Waals surface area contributed by atoms with Crippen molar-refractivity contribution in [1.29, 1.82) is 0 Å². The van der Waals surface area contributed by atoms with Gasteiger partial charge in [0.1, 0.15) is 0 Å². The Labute approximate surface area is 90.4 Å². The fraction of sp³-hybridized carbons (Fsp3) is 0.333. The third-order valence-electron chi connectivity index (χ3n) is 2.11. The van der Waals surface area contributed by atoms with Crippen LogP contribution in [0, 0.1) is 0 Å². The van der Waals surface area contributed by atoms with Crippen LogP contribution in [-0.4, -0.2) is 29.4 Å². The average molecular weight is 204 g/mol. The third kappa shape index (κ3) is 3.94. The fourth-order valence-corrected chi connectivity index (χ4v) is 1.21. The molecule has 1 amide bonds. The van der Waals surface area contributed by atoms with Crippen molar-refractivity contribution in [2.45, 2.75) is 13.3 Å². The summed E-state index contributed by atoms with van der Waals surface area (Å²) >= 11 is 0. The number of rotatable bonds is 4. The minimum Gasteiger partial charge on any atom is -0.342 e. The summed E-state index contributed by atoms with van der Waals surface area (Å²) in [7, 11) is 1.80. The van der Waals surface area contributed by atoms with E-state index >= 15 is 0 Å². The predicted octanol–water partition coefficient (Wildman–Crippen LogP) is 1.66. The van der Waals surface area contributed by atoms with E-state index in [0.29, 0.717) is 6.54 Å². The van der Waals surface area contributed by atoms with E-state index in [2.05, 4.69) is 4.98 Å². The SMILES string of the molecule is CC=CC(=O)N(C)CCc1ccccn1. The van der Waals surface area contributed by atoms with Crippen LogP contribution in [-0.2, 0) is 11.2 Å². The van der Waals surface area contributed by atoms with Gasteiger partial charge in [0.25, 0.3) is 0 Å². The van der Waals surface area contributed by atoms with E-state index < -0.39 is 0 Å². The Kier molecular flexibility index (Phi) is 4.54. The smallest absolute Gasteiger partial charge is 0.245 e. The largest absolute Gasteiger partial charge is 0.342 e. The van der Waals surface area contributed by atoms with Crippen molar-refractivity contribution in [2.24, 2.45) is 0 Å². The van der Waals surface area contributed by atoms with Crippen LogP contribution >= 0.6 is 0 Å². The molecule has 0 N–H and O–H groups in total. The first-order chi connectivity index (χ1) is 7.24. The maximum absolute atomic E-state index is 11.4. The maximum Gasteiger partial charge on any atom is 0.245 e. The molecule has 0 aliphatic rings. The lowest BCUT2D eigenvalue weighted by atomic mass is 10.2. The summed E-state index contributed by atoms with van der Waals surface area (Å²) < 4.78 is 0. The Hall–Kier alpha value is -1.64. The summed E-state index contributed by atoms with van der Waals surface area (Å²) in [6.45, 7) is 2.53. The minimum absolute atomic E-state index is 0.0356. The van der Waals surface area contributed by atoms with Crippen LogP contribution in [0.25, 0.3) is 0 Å². The summed E-state index contributed by atoms with van der Waals surface area (Å²) in [6.07, 6.45) is 5.88. The number of allylic oxidation sites excluding steroid dienone is 1. The lowest BCUT2D eigenvalue weighted by molar-refractivity contribution is -0.124. The molecule has 0 radical (unpaired) electrons. The molecule has 3 heteroatoms. The van der Waals surface area contributed by atoms with Gasteiger partial charge in [-0.15, -0.1) is 0 Å². The first-order valence-electron chi connectivity index (χ1n) is 5.01. The average Bonchev–Trinajstić information content (AvgIpc) is 2.27. The van der Waals surface area contributed by atoms with Gasteiger partial charge in [0, 0.05) is 31.9 Å². The Balaban J connectivity index is 2.41. The van der Waals surface area contributed by atoms with Gasteiger partial charge in [-0.05, 0) is 25.1 Å². The van der Waals surface area contributed by atoms with Gasteiger partial charge in [0.2, 0.25) is 5.91 Å². The summed E-state index contributed by atoms with van der Waals surface area (Å²) in [5.74, 6) is 0.0356. The molecule has 0 unspecified atom stereocenters. The molecule has 1 aromatic heterocycles.